The summed E-state index contributed by atoms with van der Waals surface area (Å²) in [4.78, 5) is 15.0. The Balaban J connectivity index is 2.38. The van der Waals surface area contributed by atoms with Crippen LogP contribution in [0.5, 0.6) is 0 Å². The van der Waals surface area contributed by atoms with Gasteiger partial charge < -0.3 is 5.73 Å². The van der Waals surface area contributed by atoms with Crippen LogP contribution in [0.2, 0.25) is 0 Å². The first-order valence-electron chi connectivity index (χ1n) is 4.99. The summed E-state index contributed by atoms with van der Waals surface area (Å²) in [6.45, 7) is 1.99. The van der Waals surface area contributed by atoms with Crippen molar-refractivity contribution in [3.63, 3.8) is 0 Å². The molecule has 1 amide bonds. The van der Waals surface area contributed by atoms with Crippen LogP contribution in [-0.4, -0.2) is 10.9 Å². The van der Waals surface area contributed by atoms with Gasteiger partial charge in [-0.1, -0.05) is 12.1 Å². The molecule has 3 nitrogen and oxygen atoms in total. The van der Waals surface area contributed by atoms with Crippen molar-refractivity contribution in [3.05, 3.63) is 53.9 Å². The molecule has 2 rings (SSSR count). The lowest BCUT2D eigenvalue weighted by atomic mass is 10.0. The number of carbonyl (C=O) groups is 1. The summed E-state index contributed by atoms with van der Waals surface area (Å²) in [5.41, 5.74) is 8.87. The summed E-state index contributed by atoms with van der Waals surface area (Å²) in [5.74, 6) is -0.408. The molecule has 2 aromatic rings. The molecule has 80 valence electrons. The van der Waals surface area contributed by atoms with E-state index in [2.05, 4.69) is 4.98 Å². The molecule has 1 heterocycles. The molecule has 0 spiro atoms. The summed E-state index contributed by atoms with van der Waals surface area (Å²) in [5, 5.41) is 0. The highest BCUT2D eigenvalue weighted by Crippen LogP contribution is 2.19. The van der Waals surface area contributed by atoms with E-state index in [9.17, 15) is 4.79 Å². The van der Waals surface area contributed by atoms with Crippen LogP contribution in [-0.2, 0) is 0 Å². The number of pyridine rings is 1. The van der Waals surface area contributed by atoms with Gasteiger partial charge in [-0.3, -0.25) is 9.78 Å². The standard InChI is InChI=1S/C13H12N2O/c1-9-6-12(8-15-7-9)10-2-4-11(5-3-10)13(14)16/h2-8H,1H3,(H2,14,16). The molecule has 0 bridgehead atoms. The third-order valence-electron chi connectivity index (χ3n) is 2.38. The van der Waals surface area contributed by atoms with Crippen molar-refractivity contribution >= 4 is 5.91 Å². The van der Waals surface area contributed by atoms with Gasteiger partial charge in [0, 0.05) is 23.5 Å². The highest BCUT2D eigenvalue weighted by Gasteiger charge is 2.01. The van der Waals surface area contributed by atoms with Gasteiger partial charge >= 0.3 is 0 Å². The van der Waals surface area contributed by atoms with E-state index in [0.29, 0.717) is 5.56 Å². The van der Waals surface area contributed by atoms with E-state index in [-0.39, 0.29) is 0 Å². The first-order chi connectivity index (χ1) is 7.66. The van der Waals surface area contributed by atoms with Crippen molar-refractivity contribution in [1.29, 1.82) is 0 Å². The van der Waals surface area contributed by atoms with Crippen LogP contribution in [0.3, 0.4) is 0 Å². The Labute approximate surface area is 93.9 Å². The van der Waals surface area contributed by atoms with Gasteiger partial charge in [0.05, 0.1) is 0 Å². The van der Waals surface area contributed by atoms with Gasteiger partial charge in [-0.2, -0.15) is 0 Å². The van der Waals surface area contributed by atoms with Gasteiger partial charge in [-0.25, -0.2) is 0 Å². The topological polar surface area (TPSA) is 56.0 Å². The van der Waals surface area contributed by atoms with Gasteiger partial charge in [0.15, 0.2) is 0 Å². The number of aromatic nitrogens is 1. The zero-order valence-corrected chi connectivity index (χ0v) is 8.97. The monoisotopic (exact) mass is 212 g/mol. The number of amides is 1. The van der Waals surface area contributed by atoms with Crippen molar-refractivity contribution < 1.29 is 4.79 Å². The SMILES string of the molecule is Cc1cncc(-c2ccc(C(N)=O)cc2)c1. The number of hydrogen-bond acceptors (Lipinski definition) is 2. The minimum absolute atomic E-state index is 0.408. The van der Waals surface area contributed by atoms with Gasteiger partial charge in [0.1, 0.15) is 0 Å². The first kappa shape index (κ1) is 10.4. The molecule has 0 aliphatic heterocycles. The lowest BCUT2D eigenvalue weighted by Crippen LogP contribution is -2.10. The van der Waals surface area contributed by atoms with Crippen LogP contribution in [0.25, 0.3) is 11.1 Å². The van der Waals surface area contributed by atoms with Crippen molar-refractivity contribution in [2.75, 3.05) is 0 Å². The lowest BCUT2D eigenvalue weighted by molar-refractivity contribution is 0.100. The van der Waals surface area contributed by atoms with Gasteiger partial charge in [0.2, 0.25) is 5.91 Å². The van der Waals surface area contributed by atoms with Crippen LogP contribution in [0.4, 0.5) is 0 Å². The largest absolute Gasteiger partial charge is 0.366 e. The Kier molecular flexibility index (Phi) is 2.68. The smallest absolute Gasteiger partial charge is 0.248 e. The molecule has 0 saturated carbocycles. The highest BCUT2D eigenvalue weighted by atomic mass is 16.1. The molecule has 3 heteroatoms. The molecular formula is C13H12N2O. The Morgan fingerprint density at radius 2 is 1.81 bits per heavy atom. The van der Waals surface area contributed by atoms with Gasteiger partial charge in [-0.15, -0.1) is 0 Å². The maximum Gasteiger partial charge on any atom is 0.248 e. The lowest BCUT2D eigenvalue weighted by Gasteiger charge is -2.02. The maximum absolute atomic E-state index is 10.9. The average Bonchev–Trinajstić information content (AvgIpc) is 2.29. The predicted octanol–water partition coefficient (Wildman–Crippen LogP) is 2.16. The molecule has 2 N–H and O–H groups in total. The second-order valence-corrected chi connectivity index (χ2v) is 3.69. The molecule has 16 heavy (non-hydrogen) atoms. The Hall–Kier alpha value is -2.16. The minimum atomic E-state index is -0.408. The molecule has 0 saturated heterocycles. The van der Waals surface area contributed by atoms with Crippen LogP contribution in [0, 0.1) is 6.92 Å². The van der Waals surface area contributed by atoms with E-state index in [4.69, 9.17) is 5.73 Å². The highest BCUT2D eigenvalue weighted by molar-refractivity contribution is 5.93. The zero-order chi connectivity index (χ0) is 11.5. The zero-order valence-electron chi connectivity index (χ0n) is 8.97. The fourth-order valence-corrected chi connectivity index (χ4v) is 1.54. The number of nitrogens with zero attached hydrogens (tertiary/aromatic N) is 1. The summed E-state index contributed by atoms with van der Waals surface area (Å²) in [6, 6.07) is 9.24. The molecule has 0 aliphatic rings. The average molecular weight is 212 g/mol. The van der Waals surface area contributed by atoms with Crippen molar-refractivity contribution in [1.82, 2.24) is 4.98 Å². The van der Waals surface area contributed by atoms with E-state index < -0.39 is 5.91 Å². The Bertz CT molecular complexity index is 518. The second-order valence-electron chi connectivity index (χ2n) is 3.69. The van der Waals surface area contributed by atoms with Crippen LogP contribution in [0.1, 0.15) is 15.9 Å². The van der Waals surface area contributed by atoms with E-state index in [1.165, 1.54) is 0 Å². The van der Waals surface area contributed by atoms with E-state index in [1.807, 2.05) is 25.1 Å². The summed E-state index contributed by atoms with van der Waals surface area (Å²) < 4.78 is 0. The summed E-state index contributed by atoms with van der Waals surface area (Å²) in [7, 11) is 0. The minimum Gasteiger partial charge on any atom is -0.366 e. The van der Waals surface area contributed by atoms with Crippen LogP contribution in [0.15, 0.2) is 42.7 Å². The van der Waals surface area contributed by atoms with E-state index in [1.54, 1.807) is 24.5 Å². The Morgan fingerprint density at radius 1 is 1.12 bits per heavy atom. The molecule has 0 atom stereocenters. The van der Waals surface area contributed by atoms with Gasteiger partial charge in [-0.05, 0) is 36.2 Å². The molecule has 0 aliphatic carbocycles. The number of rotatable bonds is 2. The van der Waals surface area contributed by atoms with Crippen LogP contribution < -0.4 is 5.73 Å². The van der Waals surface area contributed by atoms with E-state index >= 15 is 0 Å². The number of aryl methyl sites for hydroxylation is 1. The number of nitrogens with two attached hydrogens (primary N) is 1. The first-order valence-corrected chi connectivity index (χ1v) is 4.99. The molecule has 0 unspecified atom stereocenters. The van der Waals surface area contributed by atoms with Crippen molar-refractivity contribution in [2.45, 2.75) is 6.92 Å². The number of benzene rings is 1. The summed E-state index contributed by atoms with van der Waals surface area (Å²) >= 11 is 0. The van der Waals surface area contributed by atoms with Crippen LogP contribution >= 0.6 is 0 Å². The quantitative estimate of drug-likeness (QED) is 0.829. The third-order valence-corrected chi connectivity index (χ3v) is 2.38. The predicted molar refractivity (Wildman–Crippen MR) is 62.9 cm³/mol. The fourth-order valence-electron chi connectivity index (χ4n) is 1.54. The molecule has 0 fully saturated rings. The van der Waals surface area contributed by atoms with Gasteiger partial charge in [0.25, 0.3) is 0 Å². The molecule has 1 aromatic carbocycles. The van der Waals surface area contributed by atoms with E-state index in [0.717, 1.165) is 16.7 Å². The number of primary amides is 1. The normalized spacial score (nSPS) is 10.1. The Morgan fingerprint density at radius 3 is 2.38 bits per heavy atom. The third kappa shape index (κ3) is 2.08. The second kappa shape index (κ2) is 4.14. The number of carbonyl (C=O) groups excluding carboxylic acids is 1. The van der Waals surface area contributed by atoms with Crippen molar-refractivity contribution in [3.8, 4) is 11.1 Å². The molecule has 1 aromatic heterocycles. The summed E-state index contributed by atoms with van der Waals surface area (Å²) in [6.07, 6.45) is 3.60. The molecule has 0 radical (unpaired) electrons. The fraction of sp³-hybridized carbons (Fsp3) is 0.0769. The maximum atomic E-state index is 10.9. The number of hydrogen-bond donors (Lipinski definition) is 1. The molecular weight excluding hydrogens is 200 g/mol. The van der Waals surface area contributed by atoms with Crippen molar-refractivity contribution in [2.24, 2.45) is 5.73 Å².